The molecule has 12 saturated carbocycles. The molecule has 38 heavy (non-hydrogen) atoms. The van der Waals surface area contributed by atoms with E-state index in [9.17, 15) is 9.59 Å². The zero-order chi connectivity index (χ0) is 25.8. The fourth-order valence-electron chi connectivity index (χ4n) is 15.5. The molecule has 12 rings (SSSR count). The van der Waals surface area contributed by atoms with Gasteiger partial charge in [0.1, 0.15) is 0 Å². The van der Waals surface area contributed by atoms with E-state index in [1.807, 2.05) is 0 Å². The molecule has 0 aliphatic heterocycles. The molecule has 0 unspecified atom stereocenters. The van der Waals surface area contributed by atoms with E-state index in [2.05, 4.69) is 24.5 Å². The number of amides is 2. The van der Waals surface area contributed by atoms with Crippen LogP contribution >= 0.6 is 0 Å². The molecular formula is C34H50N2O2. The topological polar surface area (TPSA) is 58.2 Å². The van der Waals surface area contributed by atoms with Gasteiger partial charge in [0.2, 0.25) is 11.8 Å². The van der Waals surface area contributed by atoms with E-state index in [-0.39, 0.29) is 32.7 Å². The van der Waals surface area contributed by atoms with Gasteiger partial charge in [0.05, 0.1) is 10.8 Å². The first-order valence-electron chi connectivity index (χ1n) is 16.6. The molecule has 0 saturated heterocycles. The van der Waals surface area contributed by atoms with Crippen LogP contribution in [-0.2, 0) is 9.59 Å². The lowest BCUT2D eigenvalue weighted by molar-refractivity contribution is -0.203. The predicted molar refractivity (Wildman–Crippen MR) is 147 cm³/mol. The van der Waals surface area contributed by atoms with Crippen molar-refractivity contribution in [3.05, 3.63) is 0 Å². The van der Waals surface area contributed by atoms with Crippen LogP contribution in [0.3, 0.4) is 0 Å². The lowest BCUT2D eigenvalue weighted by Gasteiger charge is -2.69. The van der Waals surface area contributed by atoms with E-state index in [1.165, 1.54) is 83.5 Å². The van der Waals surface area contributed by atoms with Crippen molar-refractivity contribution < 1.29 is 9.59 Å². The zero-order valence-corrected chi connectivity index (χ0v) is 24.0. The summed E-state index contributed by atoms with van der Waals surface area (Å²) in [6.07, 6.45) is 21.7. The van der Waals surface area contributed by atoms with Crippen molar-refractivity contribution in [2.45, 2.75) is 141 Å². The summed E-state index contributed by atoms with van der Waals surface area (Å²) in [7, 11) is 0. The summed E-state index contributed by atoms with van der Waals surface area (Å²) in [6, 6.07) is 0. The van der Waals surface area contributed by atoms with Crippen LogP contribution in [0.1, 0.15) is 129 Å². The molecule has 0 heterocycles. The molecule has 2 N–H and O–H groups in total. The van der Waals surface area contributed by atoms with Gasteiger partial charge in [-0.1, -0.05) is 13.8 Å². The molecule has 2 amide bonds. The Morgan fingerprint density at radius 3 is 1.05 bits per heavy atom. The van der Waals surface area contributed by atoms with Gasteiger partial charge in [-0.15, -0.1) is 0 Å². The highest BCUT2D eigenvalue weighted by Gasteiger charge is 2.71. The standard InChI is InChI=1S/C34H50N2O2/c1-29-15-30(2)18-31(16-29,27(37)35-33-9-21-3-22(10-33)5-23(4-21)11-33)20-32(17-29,19-30)28(38)36-34-12-24-6-25(13-34)8-26(7-24)14-34/h21-26H,3-20H2,1-2H3,(H,35,37)(H,36,38). The van der Waals surface area contributed by atoms with Gasteiger partial charge < -0.3 is 10.6 Å². The average molecular weight is 519 g/mol. The highest BCUT2D eigenvalue weighted by atomic mass is 16.2. The van der Waals surface area contributed by atoms with Gasteiger partial charge in [-0.25, -0.2) is 0 Å². The van der Waals surface area contributed by atoms with Gasteiger partial charge in [0.25, 0.3) is 0 Å². The molecule has 4 heteroatoms. The molecule has 0 aromatic rings. The second-order valence-corrected chi connectivity index (χ2v) is 18.5. The molecule has 12 aliphatic carbocycles. The predicted octanol–water partition coefficient (Wildman–Crippen LogP) is 6.52. The molecule has 0 aromatic carbocycles. The maximum Gasteiger partial charge on any atom is 0.226 e. The van der Waals surface area contributed by atoms with E-state index in [4.69, 9.17) is 0 Å². The highest BCUT2D eigenvalue weighted by Crippen LogP contribution is 2.74. The van der Waals surface area contributed by atoms with Gasteiger partial charge >= 0.3 is 0 Å². The largest absolute Gasteiger partial charge is 0.350 e. The van der Waals surface area contributed by atoms with E-state index < -0.39 is 0 Å². The molecule has 12 aliphatic rings. The van der Waals surface area contributed by atoms with Crippen molar-refractivity contribution in [2.24, 2.45) is 57.2 Å². The van der Waals surface area contributed by atoms with E-state index in [0.29, 0.717) is 11.8 Å². The van der Waals surface area contributed by atoms with Crippen LogP contribution in [0, 0.1) is 57.2 Å². The normalized spacial score (nSPS) is 60.4. The SMILES string of the molecule is CC12CC3(C)CC(C(=O)NC45CC6CC(CC(C6)C4)C5)(C1)CC(C(=O)NC14CC5CC(CC(C5)C1)C4)(C2)C3. The smallest absolute Gasteiger partial charge is 0.226 e. The van der Waals surface area contributed by atoms with Crippen LogP contribution in [0.15, 0.2) is 0 Å². The fourth-order valence-corrected chi connectivity index (χ4v) is 15.5. The molecule has 0 radical (unpaired) electrons. The Labute approximate surface area is 229 Å². The quantitative estimate of drug-likeness (QED) is 0.445. The average Bonchev–Trinajstić information content (AvgIpc) is 2.74. The van der Waals surface area contributed by atoms with E-state index >= 15 is 0 Å². The Morgan fingerprint density at radius 1 is 0.474 bits per heavy atom. The van der Waals surface area contributed by atoms with Gasteiger partial charge in [0.15, 0.2) is 0 Å². The minimum Gasteiger partial charge on any atom is -0.350 e. The fraction of sp³-hybridized carbons (Fsp3) is 0.941. The summed E-state index contributed by atoms with van der Waals surface area (Å²) in [6.45, 7) is 4.87. The minimum absolute atomic E-state index is 0.0611. The Balaban J connectivity index is 1.02. The molecule has 0 atom stereocenters. The second kappa shape index (κ2) is 7.04. The summed E-state index contributed by atoms with van der Waals surface area (Å²) in [4.78, 5) is 29.2. The summed E-state index contributed by atoms with van der Waals surface area (Å²) in [5.41, 5.74) is -0.347. The third-order valence-electron chi connectivity index (χ3n) is 14.4. The summed E-state index contributed by atoms with van der Waals surface area (Å²) in [5.74, 6) is 5.73. The number of carbonyl (C=O) groups excluding carboxylic acids is 2. The van der Waals surface area contributed by atoms with Crippen LogP contribution in [0.5, 0.6) is 0 Å². The molecule has 4 nitrogen and oxygen atoms in total. The highest BCUT2D eigenvalue weighted by molar-refractivity contribution is 5.89. The number of hydrogen-bond acceptors (Lipinski definition) is 2. The van der Waals surface area contributed by atoms with Crippen molar-refractivity contribution in [2.75, 3.05) is 0 Å². The lowest BCUT2D eigenvalue weighted by Crippen LogP contribution is -2.70. The molecule has 0 aromatic heterocycles. The van der Waals surface area contributed by atoms with Gasteiger partial charge in [0, 0.05) is 11.1 Å². The first kappa shape index (κ1) is 23.6. The van der Waals surface area contributed by atoms with Crippen molar-refractivity contribution >= 4 is 11.8 Å². The van der Waals surface area contributed by atoms with Crippen molar-refractivity contribution in [3.63, 3.8) is 0 Å². The molecule has 12 fully saturated rings. The van der Waals surface area contributed by atoms with Crippen LogP contribution in [0.4, 0.5) is 0 Å². The van der Waals surface area contributed by atoms with Crippen LogP contribution in [0.2, 0.25) is 0 Å². The third-order valence-corrected chi connectivity index (χ3v) is 14.4. The Bertz CT molecular complexity index is 937. The Morgan fingerprint density at radius 2 is 0.763 bits per heavy atom. The molecular weight excluding hydrogens is 468 g/mol. The van der Waals surface area contributed by atoms with Crippen LogP contribution in [0.25, 0.3) is 0 Å². The van der Waals surface area contributed by atoms with Crippen molar-refractivity contribution in [1.29, 1.82) is 0 Å². The van der Waals surface area contributed by atoms with Gasteiger partial charge in [-0.3, -0.25) is 9.59 Å². The second-order valence-electron chi connectivity index (χ2n) is 18.5. The van der Waals surface area contributed by atoms with Crippen LogP contribution in [-0.4, -0.2) is 22.9 Å². The maximum absolute atomic E-state index is 14.6. The molecule has 0 spiro atoms. The third kappa shape index (κ3) is 3.27. The number of hydrogen-bond donors (Lipinski definition) is 2. The summed E-state index contributed by atoms with van der Waals surface area (Å²) >= 11 is 0. The van der Waals surface area contributed by atoms with Crippen LogP contribution < -0.4 is 10.6 Å². The number of carbonyl (C=O) groups is 2. The number of rotatable bonds is 4. The number of nitrogens with one attached hydrogen (secondary N) is 2. The van der Waals surface area contributed by atoms with E-state index in [1.54, 1.807) is 0 Å². The van der Waals surface area contributed by atoms with Crippen molar-refractivity contribution in [3.8, 4) is 0 Å². The maximum atomic E-state index is 14.6. The van der Waals surface area contributed by atoms with Gasteiger partial charge in [-0.2, -0.15) is 0 Å². The minimum atomic E-state index is -0.347. The first-order valence-corrected chi connectivity index (χ1v) is 16.6. The van der Waals surface area contributed by atoms with Crippen molar-refractivity contribution in [1.82, 2.24) is 10.6 Å². The Hall–Kier alpha value is -1.06. The Kier molecular flexibility index (Phi) is 4.38. The summed E-state index contributed by atoms with van der Waals surface area (Å²) in [5, 5.41) is 7.66. The van der Waals surface area contributed by atoms with E-state index in [0.717, 1.165) is 67.6 Å². The van der Waals surface area contributed by atoms with Gasteiger partial charge in [-0.05, 0) is 162 Å². The monoisotopic (exact) mass is 518 g/mol. The summed E-state index contributed by atoms with van der Waals surface area (Å²) < 4.78 is 0. The molecule has 208 valence electrons. The first-order chi connectivity index (χ1) is 18.0. The lowest BCUT2D eigenvalue weighted by atomic mass is 9.35. The molecule has 12 bridgehead atoms. The zero-order valence-electron chi connectivity index (χ0n) is 24.0.